The van der Waals surface area contributed by atoms with Gasteiger partial charge in [0.2, 0.25) is 17.4 Å². The van der Waals surface area contributed by atoms with E-state index in [1.165, 1.54) is 0 Å². The van der Waals surface area contributed by atoms with Crippen molar-refractivity contribution in [3.05, 3.63) is 0 Å². The van der Waals surface area contributed by atoms with Crippen molar-refractivity contribution in [1.29, 1.82) is 0 Å². The van der Waals surface area contributed by atoms with Crippen LogP contribution in [0.25, 0.3) is 0 Å². The second-order valence-corrected chi connectivity index (χ2v) is 4.57. The Labute approximate surface area is 127 Å². The molecule has 0 aliphatic carbocycles. The average molecular weight is 317 g/mol. The molecule has 0 aliphatic rings. The molecule has 0 radical (unpaired) electrons. The third-order valence-corrected chi connectivity index (χ3v) is 3.22. The fourth-order valence-electron chi connectivity index (χ4n) is 2.14. The normalized spacial score (nSPS) is 13.3. The van der Waals surface area contributed by atoms with E-state index in [4.69, 9.17) is 22.9 Å². The molecule has 0 aliphatic heterocycles. The molecule has 0 aromatic carbocycles. The van der Waals surface area contributed by atoms with Crippen LogP contribution in [0.15, 0.2) is 0 Å². The van der Waals surface area contributed by atoms with Crippen LogP contribution in [0.3, 0.4) is 0 Å². The van der Waals surface area contributed by atoms with Crippen molar-refractivity contribution >= 4 is 23.6 Å². The molecule has 0 saturated carbocycles. The number of rotatable bonds is 10. The Balaban J connectivity index is 6.03. The van der Waals surface area contributed by atoms with E-state index >= 15 is 0 Å². The molecule has 126 valence electrons. The first-order valence-corrected chi connectivity index (χ1v) is 6.76. The first-order chi connectivity index (χ1) is 10.3. The summed E-state index contributed by atoms with van der Waals surface area (Å²) in [6.07, 6.45) is 0.322. The molecule has 9 N–H and O–H groups in total. The standard InChI is InChI=1S/C12H23N5O5/c13-4-2-1-3-12(11(21)22,8(18)5-14)17(9(19)6-15)10(20)7-16/h1-7,13-16H2,(H,21,22). The van der Waals surface area contributed by atoms with E-state index in [0.717, 1.165) is 0 Å². The van der Waals surface area contributed by atoms with Crippen LogP contribution in [0.4, 0.5) is 0 Å². The van der Waals surface area contributed by atoms with Crippen molar-refractivity contribution < 1.29 is 24.3 Å². The number of aliphatic carboxylic acids is 1. The lowest BCUT2D eigenvalue weighted by Gasteiger charge is -2.37. The first-order valence-electron chi connectivity index (χ1n) is 6.76. The molecular formula is C12H23N5O5. The molecule has 22 heavy (non-hydrogen) atoms. The molecule has 10 heteroatoms. The summed E-state index contributed by atoms with van der Waals surface area (Å²) in [5, 5.41) is 9.55. The highest BCUT2D eigenvalue weighted by molar-refractivity contribution is 6.16. The third kappa shape index (κ3) is 4.07. The summed E-state index contributed by atoms with van der Waals surface area (Å²) in [5.74, 6) is -4.64. The van der Waals surface area contributed by atoms with Crippen molar-refractivity contribution in [2.75, 3.05) is 26.2 Å². The van der Waals surface area contributed by atoms with Crippen molar-refractivity contribution in [3.63, 3.8) is 0 Å². The van der Waals surface area contributed by atoms with Gasteiger partial charge in [-0.05, 0) is 25.8 Å². The molecule has 0 aromatic rings. The molecular weight excluding hydrogens is 294 g/mol. The number of imide groups is 1. The Morgan fingerprint density at radius 2 is 1.36 bits per heavy atom. The number of amides is 2. The maximum absolute atomic E-state index is 12.2. The van der Waals surface area contributed by atoms with Gasteiger partial charge in [-0.15, -0.1) is 0 Å². The van der Waals surface area contributed by atoms with E-state index in [0.29, 0.717) is 11.3 Å². The van der Waals surface area contributed by atoms with Gasteiger partial charge in [0.05, 0.1) is 19.6 Å². The number of hydrogen-bond donors (Lipinski definition) is 5. The first kappa shape index (κ1) is 20.1. The quantitative estimate of drug-likeness (QED) is 0.203. The van der Waals surface area contributed by atoms with E-state index in [9.17, 15) is 24.3 Å². The van der Waals surface area contributed by atoms with Gasteiger partial charge in [0.1, 0.15) is 0 Å². The second kappa shape index (κ2) is 9.20. The number of nitrogens with zero attached hydrogens (tertiary/aromatic N) is 1. The summed E-state index contributed by atoms with van der Waals surface area (Å²) < 4.78 is 0. The maximum atomic E-state index is 12.2. The van der Waals surface area contributed by atoms with E-state index < -0.39 is 48.7 Å². The maximum Gasteiger partial charge on any atom is 0.338 e. The Hall–Kier alpha value is -1.88. The molecule has 0 rings (SSSR count). The third-order valence-electron chi connectivity index (χ3n) is 3.22. The molecule has 0 spiro atoms. The topological polar surface area (TPSA) is 196 Å². The number of ketones is 1. The summed E-state index contributed by atoms with van der Waals surface area (Å²) >= 11 is 0. The van der Waals surface area contributed by atoms with Crippen LogP contribution in [-0.2, 0) is 19.2 Å². The van der Waals surface area contributed by atoms with Gasteiger partial charge in [-0.1, -0.05) is 0 Å². The highest BCUT2D eigenvalue weighted by Crippen LogP contribution is 2.25. The van der Waals surface area contributed by atoms with Crippen LogP contribution in [-0.4, -0.2) is 65.3 Å². The SMILES string of the molecule is NCCCCC(C(=O)O)(C(=O)CN)N(C(=O)CN)C(=O)CN. The monoisotopic (exact) mass is 317 g/mol. The largest absolute Gasteiger partial charge is 0.479 e. The van der Waals surface area contributed by atoms with Crippen LogP contribution in [0.5, 0.6) is 0 Å². The van der Waals surface area contributed by atoms with Crippen LogP contribution >= 0.6 is 0 Å². The van der Waals surface area contributed by atoms with Gasteiger partial charge < -0.3 is 28.0 Å². The molecule has 0 saturated heterocycles. The number of Topliss-reactive ketones (excluding diaryl/α,β-unsaturated/α-hetero) is 1. The molecule has 10 nitrogen and oxygen atoms in total. The van der Waals surface area contributed by atoms with Crippen molar-refractivity contribution in [2.24, 2.45) is 22.9 Å². The van der Waals surface area contributed by atoms with Gasteiger partial charge in [0, 0.05) is 0 Å². The molecule has 0 fully saturated rings. The van der Waals surface area contributed by atoms with Crippen LogP contribution in [0.2, 0.25) is 0 Å². The predicted molar refractivity (Wildman–Crippen MR) is 77.3 cm³/mol. The van der Waals surface area contributed by atoms with Gasteiger partial charge in [-0.3, -0.25) is 19.3 Å². The Morgan fingerprint density at radius 3 is 1.68 bits per heavy atom. The Kier molecular flexibility index (Phi) is 8.42. The number of carboxylic acids is 1. The van der Waals surface area contributed by atoms with E-state index in [-0.39, 0.29) is 19.4 Å². The zero-order valence-corrected chi connectivity index (χ0v) is 12.3. The zero-order chi connectivity index (χ0) is 17.3. The van der Waals surface area contributed by atoms with Gasteiger partial charge in [0.25, 0.3) is 0 Å². The van der Waals surface area contributed by atoms with Gasteiger partial charge in [-0.25, -0.2) is 4.79 Å². The summed E-state index contributed by atoms with van der Waals surface area (Å²) in [6, 6.07) is 0. The fourth-order valence-corrected chi connectivity index (χ4v) is 2.14. The molecule has 2 amide bonds. The molecule has 1 atom stereocenters. The number of carboxylic acid groups (broad SMARTS) is 1. The summed E-state index contributed by atoms with van der Waals surface area (Å²) in [6.45, 7) is -1.67. The number of unbranched alkanes of at least 4 members (excludes halogenated alkanes) is 1. The van der Waals surface area contributed by atoms with Crippen molar-refractivity contribution in [2.45, 2.75) is 24.8 Å². The highest BCUT2D eigenvalue weighted by atomic mass is 16.4. The number of hydrogen-bond acceptors (Lipinski definition) is 8. The van der Waals surface area contributed by atoms with Gasteiger partial charge in [0.15, 0.2) is 5.78 Å². The fraction of sp³-hybridized carbons (Fsp3) is 0.667. The number of carbonyl (C=O) groups excluding carboxylic acids is 3. The molecule has 0 aromatic heterocycles. The Bertz CT molecular complexity index is 426. The lowest BCUT2D eigenvalue weighted by molar-refractivity contribution is -0.170. The van der Waals surface area contributed by atoms with Crippen molar-refractivity contribution in [3.8, 4) is 0 Å². The number of carbonyl (C=O) groups is 4. The minimum Gasteiger partial charge on any atom is -0.479 e. The lowest BCUT2D eigenvalue weighted by Crippen LogP contribution is -2.67. The molecule has 0 bridgehead atoms. The number of nitrogens with two attached hydrogens (primary N) is 4. The smallest absolute Gasteiger partial charge is 0.338 e. The summed E-state index contributed by atoms with van der Waals surface area (Å²) in [5.41, 5.74) is 18.6. The van der Waals surface area contributed by atoms with Gasteiger partial charge in [-0.2, -0.15) is 0 Å². The van der Waals surface area contributed by atoms with E-state index in [2.05, 4.69) is 0 Å². The Morgan fingerprint density at radius 1 is 0.864 bits per heavy atom. The van der Waals surface area contributed by atoms with E-state index in [1.54, 1.807) is 0 Å². The minimum atomic E-state index is -2.41. The van der Waals surface area contributed by atoms with Crippen LogP contribution in [0, 0.1) is 0 Å². The van der Waals surface area contributed by atoms with Crippen LogP contribution in [0.1, 0.15) is 19.3 Å². The zero-order valence-electron chi connectivity index (χ0n) is 12.3. The van der Waals surface area contributed by atoms with Crippen LogP contribution < -0.4 is 22.9 Å². The van der Waals surface area contributed by atoms with Gasteiger partial charge >= 0.3 is 5.97 Å². The minimum absolute atomic E-state index is 0.209. The van der Waals surface area contributed by atoms with E-state index in [1.807, 2.05) is 0 Å². The lowest BCUT2D eigenvalue weighted by atomic mass is 9.85. The van der Waals surface area contributed by atoms with Crippen molar-refractivity contribution in [1.82, 2.24) is 4.90 Å². The second-order valence-electron chi connectivity index (χ2n) is 4.57. The summed E-state index contributed by atoms with van der Waals surface area (Å²) in [7, 11) is 0. The predicted octanol–water partition coefficient (Wildman–Crippen LogP) is -3.26. The molecule has 1 unspecified atom stereocenters. The summed E-state index contributed by atoms with van der Waals surface area (Å²) in [4.78, 5) is 48.2. The average Bonchev–Trinajstić information content (AvgIpc) is 2.51. The molecule has 0 heterocycles. The highest BCUT2D eigenvalue weighted by Gasteiger charge is 2.53.